The van der Waals surface area contributed by atoms with Gasteiger partial charge in [0.1, 0.15) is 17.3 Å². The summed E-state index contributed by atoms with van der Waals surface area (Å²) in [5.74, 6) is -0.967. The van der Waals surface area contributed by atoms with E-state index in [2.05, 4.69) is 10.6 Å². The van der Waals surface area contributed by atoms with E-state index < -0.39 is 23.0 Å². The number of hydrogen-bond acceptors (Lipinski definition) is 5. The van der Waals surface area contributed by atoms with E-state index in [4.69, 9.17) is 32.7 Å². The average molecular weight is 584 g/mol. The molecule has 1 unspecified atom stereocenters. The molecule has 0 radical (unpaired) electrons. The van der Waals surface area contributed by atoms with Gasteiger partial charge in [-0.3, -0.25) is 14.4 Å². The van der Waals surface area contributed by atoms with Crippen molar-refractivity contribution >= 4 is 46.6 Å². The van der Waals surface area contributed by atoms with Gasteiger partial charge in [0.05, 0.1) is 17.3 Å². The van der Waals surface area contributed by atoms with E-state index in [1.54, 1.807) is 42.5 Å². The largest absolute Gasteiger partial charge is 0.484 e. The molecule has 1 heterocycles. The summed E-state index contributed by atoms with van der Waals surface area (Å²) in [4.78, 5) is 40.6. The van der Waals surface area contributed by atoms with Gasteiger partial charge >= 0.3 is 0 Å². The number of benzene rings is 3. The quantitative estimate of drug-likeness (QED) is 0.426. The van der Waals surface area contributed by atoms with Crippen LogP contribution in [0.1, 0.15) is 29.6 Å². The van der Waals surface area contributed by atoms with Crippen molar-refractivity contribution in [2.24, 2.45) is 0 Å². The second-order valence-electron chi connectivity index (χ2n) is 10.5. The van der Waals surface area contributed by atoms with Gasteiger partial charge in [0.25, 0.3) is 17.7 Å². The fourth-order valence-electron chi connectivity index (χ4n) is 5.76. The summed E-state index contributed by atoms with van der Waals surface area (Å²) in [5.41, 5.74) is 0.130. The summed E-state index contributed by atoms with van der Waals surface area (Å²) >= 11 is 11.9. The van der Waals surface area contributed by atoms with Gasteiger partial charge in [-0.15, -0.1) is 0 Å². The molecule has 3 fully saturated rings. The summed E-state index contributed by atoms with van der Waals surface area (Å²) < 4.78 is 24.9. The van der Waals surface area contributed by atoms with Crippen LogP contribution in [0.5, 0.6) is 11.5 Å². The number of fused-ring (bicyclic) bond motifs is 1. The smallest absolute Gasteiger partial charge is 0.263 e. The zero-order valence-electron chi connectivity index (χ0n) is 21.1. The number of nitrogens with one attached hydrogen (secondary N) is 2. The SMILES string of the molecule is O=C(COc1ccc(Cl)c(F)c1)NC12CC(NC(=O)C3CN(C(=O)c4ccccc4)c4cc(Cl)ccc4O3)(C1)C2. The van der Waals surface area contributed by atoms with Gasteiger partial charge in [0.15, 0.2) is 12.7 Å². The minimum Gasteiger partial charge on any atom is -0.484 e. The summed E-state index contributed by atoms with van der Waals surface area (Å²) in [6.45, 7) is -0.250. The van der Waals surface area contributed by atoms with Gasteiger partial charge < -0.3 is 25.0 Å². The molecule has 8 nitrogen and oxygen atoms in total. The number of rotatable bonds is 7. The molecular formula is C29H24Cl2FN3O5. The molecule has 0 saturated heterocycles. The molecule has 206 valence electrons. The van der Waals surface area contributed by atoms with Gasteiger partial charge in [-0.05, 0) is 61.7 Å². The lowest BCUT2D eigenvalue weighted by Gasteiger charge is -2.70. The third-order valence-electron chi connectivity index (χ3n) is 7.47. The van der Waals surface area contributed by atoms with Crippen molar-refractivity contribution in [2.75, 3.05) is 18.1 Å². The Morgan fingerprint density at radius 3 is 2.42 bits per heavy atom. The third-order valence-corrected chi connectivity index (χ3v) is 8.01. The maximum absolute atomic E-state index is 13.6. The fourth-order valence-corrected chi connectivity index (χ4v) is 6.05. The average Bonchev–Trinajstić information content (AvgIpc) is 2.91. The molecule has 3 aromatic carbocycles. The number of carbonyl (C=O) groups excluding carboxylic acids is 3. The molecule has 7 rings (SSSR count). The topological polar surface area (TPSA) is 97.0 Å². The maximum Gasteiger partial charge on any atom is 0.263 e. The molecule has 0 spiro atoms. The van der Waals surface area contributed by atoms with Crippen LogP contribution in [0.25, 0.3) is 0 Å². The normalized spacial score (nSPS) is 24.0. The van der Waals surface area contributed by atoms with Crippen LogP contribution in [0.3, 0.4) is 0 Å². The van der Waals surface area contributed by atoms with Gasteiger partial charge in [-0.2, -0.15) is 0 Å². The van der Waals surface area contributed by atoms with E-state index in [9.17, 15) is 18.8 Å². The predicted octanol–water partition coefficient (Wildman–Crippen LogP) is 4.53. The van der Waals surface area contributed by atoms with Crippen LogP contribution in [0.2, 0.25) is 10.0 Å². The number of nitrogens with zero attached hydrogens (tertiary/aromatic N) is 1. The molecule has 3 aromatic rings. The molecule has 1 aliphatic heterocycles. The molecular weight excluding hydrogens is 560 g/mol. The van der Waals surface area contributed by atoms with Crippen molar-refractivity contribution in [3.8, 4) is 11.5 Å². The Kier molecular flexibility index (Phi) is 6.59. The molecule has 3 amide bonds. The van der Waals surface area contributed by atoms with Crippen molar-refractivity contribution in [3.63, 3.8) is 0 Å². The van der Waals surface area contributed by atoms with Crippen molar-refractivity contribution in [3.05, 3.63) is 88.2 Å². The van der Waals surface area contributed by atoms with Crippen LogP contribution < -0.4 is 25.0 Å². The molecule has 11 heteroatoms. The van der Waals surface area contributed by atoms with Crippen LogP contribution in [0.15, 0.2) is 66.7 Å². The highest BCUT2D eigenvalue weighted by molar-refractivity contribution is 6.31. The summed E-state index contributed by atoms with van der Waals surface area (Å²) in [5, 5.41) is 6.45. The minimum atomic E-state index is -0.922. The minimum absolute atomic E-state index is 0.0213. The van der Waals surface area contributed by atoms with Crippen molar-refractivity contribution in [1.82, 2.24) is 10.6 Å². The first-order valence-electron chi connectivity index (χ1n) is 12.7. The van der Waals surface area contributed by atoms with Gasteiger partial charge in [0, 0.05) is 27.7 Å². The molecule has 2 N–H and O–H groups in total. The lowest BCUT2D eigenvalue weighted by molar-refractivity contribution is -0.153. The van der Waals surface area contributed by atoms with E-state index >= 15 is 0 Å². The van der Waals surface area contributed by atoms with Crippen molar-refractivity contribution < 1.29 is 28.2 Å². The molecule has 0 aromatic heterocycles. The summed E-state index contributed by atoms with van der Waals surface area (Å²) in [7, 11) is 0. The Hall–Kier alpha value is -3.82. The summed E-state index contributed by atoms with van der Waals surface area (Å²) in [6.07, 6.45) is 0.782. The second-order valence-corrected chi connectivity index (χ2v) is 11.3. The molecule has 3 saturated carbocycles. The van der Waals surface area contributed by atoms with Crippen LogP contribution in [-0.2, 0) is 9.59 Å². The first-order valence-corrected chi connectivity index (χ1v) is 13.4. The standard InChI is InChI=1S/C29H24Cl2FN3O5/c30-18-6-9-23-22(10-18)35(27(38)17-4-2-1-3-5-17)12-24(40-23)26(37)34-29-14-28(15-29,16-29)33-25(36)13-39-19-7-8-20(31)21(32)11-19/h1-11,24H,12-16H2,(H,33,36)(H,34,37). The third kappa shape index (κ3) is 4.95. The van der Waals surface area contributed by atoms with Gasteiger partial charge in [-0.25, -0.2) is 4.39 Å². The van der Waals surface area contributed by atoms with Crippen LogP contribution in [0, 0.1) is 5.82 Å². The molecule has 3 aliphatic carbocycles. The van der Waals surface area contributed by atoms with E-state index in [-0.39, 0.29) is 41.6 Å². The van der Waals surface area contributed by atoms with E-state index in [0.717, 1.165) is 6.07 Å². The lowest BCUT2D eigenvalue weighted by atomic mass is 9.44. The van der Waals surface area contributed by atoms with Gasteiger partial charge in [0.2, 0.25) is 0 Å². The number of amides is 3. The summed E-state index contributed by atoms with van der Waals surface area (Å²) in [6, 6.07) is 17.7. The zero-order chi connectivity index (χ0) is 28.1. The van der Waals surface area contributed by atoms with Crippen LogP contribution in [0.4, 0.5) is 10.1 Å². The molecule has 2 bridgehead atoms. The number of anilines is 1. The Balaban J connectivity index is 1.06. The first kappa shape index (κ1) is 26.4. The second kappa shape index (κ2) is 9.98. The first-order chi connectivity index (χ1) is 19.1. The Bertz CT molecular complexity index is 1500. The van der Waals surface area contributed by atoms with Crippen LogP contribution in [-0.4, -0.2) is 48.1 Å². The number of halogens is 3. The monoisotopic (exact) mass is 583 g/mol. The number of ether oxygens (including phenoxy) is 2. The molecule has 40 heavy (non-hydrogen) atoms. The number of carbonyl (C=O) groups is 3. The van der Waals surface area contributed by atoms with Crippen molar-refractivity contribution in [1.29, 1.82) is 0 Å². The van der Waals surface area contributed by atoms with E-state index in [0.29, 0.717) is 41.3 Å². The highest BCUT2D eigenvalue weighted by Crippen LogP contribution is 2.60. The Morgan fingerprint density at radius 2 is 1.70 bits per heavy atom. The molecule has 1 atom stereocenters. The fraction of sp³-hybridized carbons (Fsp3) is 0.276. The van der Waals surface area contributed by atoms with Crippen molar-refractivity contribution in [2.45, 2.75) is 36.4 Å². The maximum atomic E-state index is 13.6. The highest BCUT2D eigenvalue weighted by atomic mass is 35.5. The lowest BCUT2D eigenvalue weighted by Crippen LogP contribution is -2.84. The molecule has 4 aliphatic rings. The zero-order valence-corrected chi connectivity index (χ0v) is 22.6. The van der Waals surface area contributed by atoms with E-state index in [1.807, 2.05) is 6.07 Å². The van der Waals surface area contributed by atoms with Crippen LogP contribution >= 0.6 is 23.2 Å². The number of hydrogen-bond donors (Lipinski definition) is 2. The highest BCUT2D eigenvalue weighted by Gasteiger charge is 2.69. The van der Waals surface area contributed by atoms with E-state index in [1.165, 1.54) is 17.0 Å². The Labute approximate surface area is 239 Å². The van der Waals surface area contributed by atoms with Gasteiger partial charge in [-0.1, -0.05) is 41.4 Å². The Morgan fingerprint density at radius 1 is 0.975 bits per heavy atom. The predicted molar refractivity (Wildman–Crippen MR) is 146 cm³/mol.